The number of aliphatic hydroxyl groups excluding tert-OH is 2. The Morgan fingerprint density at radius 1 is 0.899 bits per heavy atom. The first-order chi connectivity index (χ1) is 33.7. The van der Waals surface area contributed by atoms with Crippen molar-refractivity contribution in [3.63, 3.8) is 0 Å². The van der Waals surface area contributed by atoms with Crippen molar-refractivity contribution in [2.75, 3.05) is 33.7 Å². The van der Waals surface area contributed by atoms with E-state index in [1.807, 2.05) is 60.7 Å². The maximum atomic E-state index is 15.2. The molecular formula is C55H57N3O11. The van der Waals surface area contributed by atoms with E-state index < -0.39 is 22.7 Å². The summed E-state index contributed by atoms with van der Waals surface area (Å²) in [5, 5.41) is 38.4. The van der Waals surface area contributed by atoms with Crippen molar-refractivity contribution in [2.45, 2.75) is 69.2 Å². The van der Waals surface area contributed by atoms with E-state index in [0.717, 1.165) is 53.2 Å². The quantitative estimate of drug-likeness (QED) is 0.0250. The van der Waals surface area contributed by atoms with Gasteiger partial charge in [0.25, 0.3) is 5.69 Å². The number of nitro benzene ring substituents is 1. The predicted octanol–water partition coefficient (Wildman–Crippen LogP) is 10.3. The average molecular weight is 936 g/mol. The fourth-order valence-electron chi connectivity index (χ4n) is 10.7. The minimum Gasteiger partial charge on any atom is -0.459 e. The normalized spacial score (nSPS) is 22.6. The number of hydrogen-bond donors (Lipinski definition) is 2. The third-order valence-electron chi connectivity index (χ3n) is 13.8. The number of nitro groups is 1. The highest BCUT2D eigenvalue weighted by atomic mass is 16.7. The lowest BCUT2D eigenvalue weighted by molar-refractivity contribution is -0.384. The Labute approximate surface area is 401 Å². The van der Waals surface area contributed by atoms with Crippen LogP contribution < -0.4 is 18.9 Å². The van der Waals surface area contributed by atoms with Crippen molar-refractivity contribution in [2.24, 2.45) is 22.9 Å². The molecule has 2 aliphatic carbocycles. The largest absolute Gasteiger partial charge is 0.459 e. The second kappa shape index (κ2) is 21.1. The predicted molar refractivity (Wildman–Crippen MR) is 261 cm³/mol. The van der Waals surface area contributed by atoms with Crippen molar-refractivity contribution >= 4 is 34.2 Å². The molecule has 5 aromatic carbocycles. The third kappa shape index (κ3) is 9.83. The van der Waals surface area contributed by atoms with Crippen LogP contribution in [0.1, 0.15) is 67.6 Å². The zero-order valence-corrected chi connectivity index (χ0v) is 38.6. The zero-order valence-electron chi connectivity index (χ0n) is 38.6. The average Bonchev–Trinajstić information content (AvgIpc) is 3.84. The standard InChI is InChI=1S/C55H57N3O11/c1-3-28-67-55-51(57(34-37-16-23-49-50(29-37)66-35-65-49)52(61)25-17-36-14-19-41(20-15-36)58(62)63)33-47(56-64-2)45-31-40(12-6-8-26-59)44(13-7-9-27-60)53(54(45)55)46-32-43(22-24-48(46)69-55)68-42-21-18-38-10-4-5-11-39(38)30-42/h3-5,10-11,14-25,29-32,40,44,51,53-54,59-60H,1,6-9,12-13,26-28,33-35H2,2H3. The molecule has 1 amide bonds. The van der Waals surface area contributed by atoms with Gasteiger partial charge in [0.05, 0.1) is 23.2 Å². The Morgan fingerprint density at radius 3 is 2.41 bits per heavy atom. The number of unbranched alkanes of at least 4 members (excludes halogenated alkanes) is 2. The molecule has 9 rings (SSSR count). The van der Waals surface area contributed by atoms with E-state index in [4.69, 9.17) is 33.7 Å². The summed E-state index contributed by atoms with van der Waals surface area (Å²) in [4.78, 5) is 33.6. The lowest BCUT2D eigenvalue weighted by Gasteiger charge is -2.60. The molecule has 6 unspecified atom stereocenters. The second-order valence-corrected chi connectivity index (χ2v) is 17.9. The minimum atomic E-state index is -1.52. The van der Waals surface area contributed by atoms with E-state index in [2.05, 4.69) is 30.9 Å². The Kier molecular flexibility index (Phi) is 14.4. The fraction of sp³-hybridized carbons (Fsp3) is 0.345. The lowest BCUT2D eigenvalue weighted by atomic mass is 9.55. The van der Waals surface area contributed by atoms with Crippen molar-refractivity contribution in [3.8, 4) is 28.7 Å². The molecule has 14 heteroatoms. The van der Waals surface area contributed by atoms with Gasteiger partial charge in [0.2, 0.25) is 18.5 Å². The number of benzene rings is 5. The summed E-state index contributed by atoms with van der Waals surface area (Å²) in [6.45, 7) is 4.46. The van der Waals surface area contributed by atoms with Gasteiger partial charge in [-0.1, -0.05) is 66.5 Å². The smallest absolute Gasteiger partial charge is 0.269 e. The Morgan fingerprint density at radius 2 is 1.64 bits per heavy atom. The number of aliphatic hydroxyl groups is 2. The Hall–Kier alpha value is -7.00. The number of oxime groups is 1. The molecule has 14 nitrogen and oxygen atoms in total. The van der Waals surface area contributed by atoms with Crippen LogP contribution in [0.15, 0.2) is 139 Å². The van der Waals surface area contributed by atoms with Gasteiger partial charge in [0, 0.05) is 55.9 Å². The number of rotatable bonds is 20. The van der Waals surface area contributed by atoms with E-state index in [0.29, 0.717) is 52.9 Å². The lowest BCUT2D eigenvalue weighted by Crippen LogP contribution is -2.70. The zero-order chi connectivity index (χ0) is 47.9. The van der Waals surface area contributed by atoms with E-state index in [1.54, 1.807) is 29.2 Å². The van der Waals surface area contributed by atoms with E-state index >= 15 is 4.79 Å². The van der Waals surface area contributed by atoms with Crippen LogP contribution in [0.5, 0.6) is 28.7 Å². The first-order valence-corrected chi connectivity index (χ1v) is 23.6. The number of non-ortho nitro benzene ring substituents is 1. The van der Waals surface area contributed by atoms with Crippen molar-refractivity contribution in [1.82, 2.24) is 4.90 Å². The SMILES string of the molecule is C=CCOC12Oc3ccc(Oc4ccc5ccccc5c4)cc3C3C(CCCCO)C(CCCCO)C=C(C(=NOC)CC1N(Cc1ccc4c(c1)OCO4)C(=O)C=Cc1ccc([N+](=O)[O-])cc1)C32. The summed E-state index contributed by atoms with van der Waals surface area (Å²) in [5.41, 5.74) is 3.77. The van der Waals surface area contributed by atoms with Crippen LogP contribution in [0, 0.1) is 27.9 Å². The number of ether oxygens (including phenoxy) is 5. The van der Waals surface area contributed by atoms with E-state index in [9.17, 15) is 20.3 Å². The van der Waals surface area contributed by atoms with Crippen molar-refractivity contribution < 1.29 is 48.5 Å². The van der Waals surface area contributed by atoms with Gasteiger partial charge in [0.1, 0.15) is 30.4 Å². The highest BCUT2D eigenvalue weighted by Gasteiger charge is 2.65. The fourth-order valence-corrected chi connectivity index (χ4v) is 10.7. The van der Waals surface area contributed by atoms with Gasteiger partial charge in [-0.2, -0.15) is 0 Å². The molecule has 2 N–H and O–H groups in total. The maximum absolute atomic E-state index is 15.2. The molecule has 0 radical (unpaired) electrons. The minimum absolute atomic E-state index is 0.00291. The highest BCUT2D eigenvalue weighted by molar-refractivity contribution is 6.03. The van der Waals surface area contributed by atoms with Gasteiger partial charge in [-0.25, -0.2) is 0 Å². The van der Waals surface area contributed by atoms with Crippen molar-refractivity contribution in [1.29, 1.82) is 0 Å². The van der Waals surface area contributed by atoms with Crippen molar-refractivity contribution in [3.05, 3.63) is 160 Å². The Bertz CT molecular complexity index is 2770. The molecule has 0 spiro atoms. The molecule has 1 fully saturated rings. The van der Waals surface area contributed by atoms with Crippen LogP contribution >= 0.6 is 0 Å². The maximum Gasteiger partial charge on any atom is 0.269 e. The van der Waals surface area contributed by atoms with Crippen LogP contribution in [-0.2, 0) is 20.9 Å². The third-order valence-corrected chi connectivity index (χ3v) is 13.8. The Balaban J connectivity index is 1.22. The first-order valence-electron chi connectivity index (χ1n) is 23.6. The van der Waals surface area contributed by atoms with E-state index in [-0.39, 0.29) is 68.9 Å². The molecule has 0 saturated heterocycles. The molecule has 1 saturated carbocycles. The number of amides is 1. The number of allylic oxidation sites excluding steroid dienone is 1. The van der Waals surface area contributed by atoms with Crippen LogP contribution in [0.2, 0.25) is 0 Å². The number of carbonyl (C=O) groups is 1. The molecule has 69 heavy (non-hydrogen) atoms. The highest BCUT2D eigenvalue weighted by Crippen LogP contribution is 2.62. The molecule has 4 aliphatic rings. The number of carbonyl (C=O) groups excluding carboxylic acids is 1. The molecule has 0 aromatic heterocycles. The van der Waals surface area contributed by atoms with Gasteiger partial charge in [0.15, 0.2) is 11.5 Å². The molecular weight excluding hydrogens is 879 g/mol. The number of fused-ring (bicyclic) bond motifs is 4. The number of nitrogens with zero attached hydrogens (tertiary/aromatic N) is 3. The first kappa shape index (κ1) is 47.1. The molecule has 2 heterocycles. The molecule has 5 aromatic rings. The van der Waals surface area contributed by atoms with Gasteiger partial charge in [-0.3, -0.25) is 14.9 Å². The number of hydrogen-bond acceptors (Lipinski definition) is 12. The molecule has 358 valence electrons. The van der Waals surface area contributed by atoms with Gasteiger partial charge >= 0.3 is 0 Å². The molecule has 0 bridgehead atoms. The van der Waals surface area contributed by atoms with Gasteiger partial charge < -0.3 is 43.6 Å². The molecule has 6 atom stereocenters. The second-order valence-electron chi connectivity index (χ2n) is 17.9. The van der Waals surface area contributed by atoms with Crippen LogP contribution in [0.3, 0.4) is 0 Å². The monoisotopic (exact) mass is 935 g/mol. The summed E-state index contributed by atoms with van der Waals surface area (Å²) < 4.78 is 32.7. The summed E-state index contributed by atoms with van der Waals surface area (Å²) in [7, 11) is 1.51. The molecule has 2 aliphatic heterocycles. The summed E-state index contributed by atoms with van der Waals surface area (Å²) in [6, 6.07) is 30.8. The van der Waals surface area contributed by atoms with Gasteiger partial charge in [-0.15, -0.1) is 6.58 Å². The summed E-state index contributed by atoms with van der Waals surface area (Å²) in [5.74, 6) is 0.372. The summed E-state index contributed by atoms with van der Waals surface area (Å²) in [6.07, 6.45) is 11.7. The van der Waals surface area contributed by atoms with Gasteiger partial charge in [-0.05, 0) is 126 Å². The van der Waals surface area contributed by atoms with Crippen LogP contribution in [0.4, 0.5) is 5.69 Å². The topological polar surface area (TPSA) is 172 Å². The van der Waals surface area contributed by atoms with Crippen LogP contribution in [0.25, 0.3) is 16.8 Å². The summed E-state index contributed by atoms with van der Waals surface area (Å²) >= 11 is 0. The van der Waals surface area contributed by atoms with E-state index in [1.165, 1.54) is 25.3 Å². The van der Waals surface area contributed by atoms with Crippen LogP contribution in [-0.4, -0.2) is 77.2 Å².